The highest BCUT2D eigenvalue weighted by atomic mass is 16.5. The maximum absolute atomic E-state index is 10.5. The first-order valence-electron chi connectivity index (χ1n) is 9.01. The van der Waals surface area contributed by atoms with Crippen molar-refractivity contribution in [2.45, 2.75) is 56.5 Å². The molecule has 2 aromatic rings. The zero-order chi connectivity index (χ0) is 17.2. The van der Waals surface area contributed by atoms with Gasteiger partial charge in [0.1, 0.15) is 18.5 Å². The van der Waals surface area contributed by atoms with E-state index < -0.39 is 18.3 Å². The Labute approximate surface area is 146 Å². The Kier molecular flexibility index (Phi) is 4.78. The Bertz CT molecular complexity index is 670. The van der Waals surface area contributed by atoms with E-state index in [2.05, 4.69) is 27.7 Å². The molecule has 7 heteroatoms. The van der Waals surface area contributed by atoms with Crippen LogP contribution >= 0.6 is 0 Å². The molecule has 25 heavy (non-hydrogen) atoms. The van der Waals surface area contributed by atoms with Gasteiger partial charge in [0, 0.05) is 5.92 Å². The summed E-state index contributed by atoms with van der Waals surface area (Å²) in [4.78, 5) is 0. The fourth-order valence-electron chi connectivity index (χ4n) is 4.06. The molecule has 7 nitrogen and oxygen atoms in total. The lowest BCUT2D eigenvalue weighted by atomic mass is 9.88. The predicted octanol–water partition coefficient (Wildman–Crippen LogP) is 1.44. The number of hydrogen-bond acceptors (Lipinski definition) is 6. The van der Waals surface area contributed by atoms with Gasteiger partial charge in [-0.15, -0.1) is 5.10 Å². The topological polar surface area (TPSA) is 93.3 Å². The van der Waals surface area contributed by atoms with Crippen LogP contribution in [0.15, 0.2) is 30.6 Å². The van der Waals surface area contributed by atoms with Crippen LogP contribution in [0.4, 0.5) is 0 Å². The molecule has 1 aromatic heterocycles. The van der Waals surface area contributed by atoms with Gasteiger partial charge in [-0.25, -0.2) is 4.68 Å². The van der Waals surface area contributed by atoms with Gasteiger partial charge < -0.3 is 14.9 Å². The molecule has 4 rings (SSSR count). The smallest absolute Gasteiger partial charge is 0.138 e. The number of aromatic nitrogens is 4. The Morgan fingerprint density at radius 3 is 2.44 bits per heavy atom. The summed E-state index contributed by atoms with van der Waals surface area (Å²) in [5.41, 5.74) is 2.28. The lowest BCUT2D eigenvalue weighted by Crippen LogP contribution is -2.47. The molecule has 2 N–H and O–H groups in total. The van der Waals surface area contributed by atoms with Crippen LogP contribution in [0.2, 0.25) is 0 Å². The molecule has 2 aliphatic rings. The minimum absolute atomic E-state index is 0.243. The van der Waals surface area contributed by atoms with Crippen LogP contribution in [0.25, 0.3) is 0 Å². The molecule has 4 atom stereocenters. The largest absolute Gasteiger partial charge is 0.390 e. The van der Waals surface area contributed by atoms with Crippen molar-refractivity contribution in [2.75, 3.05) is 6.61 Å². The average Bonchev–Trinajstić information content (AvgIpc) is 3.33. The molecule has 1 aromatic carbocycles. The number of ether oxygens (including phenoxy) is 1. The molecular formula is C18H24N4O3. The SMILES string of the molecule is O[C@@H]1[C@@H](Cn2cnnn2)CO[C@H](c2ccc(C3CCCC3)cc2)[C@@H]1O. The van der Waals surface area contributed by atoms with Crippen molar-refractivity contribution in [1.82, 2.24) is 20.2 Å². The molecule has 1 saturated carbocycles. The summed E-state index contributed by atoms with van der Waals surface area (Å²) in [6, 6.07) is 8.33. The van der Waals surface area contributed by atoms with E-state index >= 15 is 0 Å². The van der Waals surface area contributed by atoms with Gasteiger partial charge >= 0.3 is 0 Å². The normalized spacial score (nSPS) is 30.6. The van der Waals surface area contributed by atoms with Gasteiger partial charge in [-0.05, 0) is 40.3 Å². The Hall–Kier alpha value is -1.83. The maximum atomic E-state index is 10.5. The number of tetrazole rings is 1. The van der Waals surface area contributed by atoms with E-state index in [-0.39, 0.29) is 5.92 Å². The van der Waals surface area contributed by atoms with Gasteiger partial charge in [-0.1, -0.05) is 37.1 Å². The Morgan fingerprint density at radius 1 is 1.04 bits per heavy atom. The van der Waals surface area contributed by atoms with Crippen molar-refractivity contribution < 1.29 is 14.9 Å². The monoisotopic (exact) mass is 344 g/mol. The van der Waals surface area contributed by atoms with Crippen molar-refractivity contribution in [3.05, 3.63) is 41.7 Å². The van der Waals surface area contributed by atoms with Gasteiger partial charge in [0.2, 0.25) is 0 Å². The van der Waals surface area contributed by atoms with Gasteiger partial charge in [0.05, 0.1) is 19.3 Å². The highest BCUT2D eigenvalue weighted by molar-refractivity contribution is 5.28. The van der Waals surface area contributed by atoms with E-state index in [0.29, 0.717) is 19.1 Å². The van der Waals surface area contributed by atoms with Crippen LogP contribution in [-0.2, 0) is 11.3 Å². The van der Waals surface area contributed by atoms with Crippen LogP contribution in [0.1, 0.15) is 48.8 Å². The van der Waals surface area contributed by atoms with Crippen LogP contribution in [-0.4, -0.2) is 49.2 Å². The number of hydrogen-bond donors (Lipinski definition) is 2. The summed E-state index contributed by atoms with van der Waals surface area (Å²) < 4.78 is 7.42. The number of aliphatic hydroxyl groups excluding tert-OH is 2. The second kappa shape index (κ2) is 7.19. The summed E-state index contributed by atoms with van der Waals surface area (Å²) in [7, 11) is 0. The van der Waals surface area contributed by atoms with Crippen LogP contribution in [0.5, 0.6) is 0 Å². The molecular weight excluding hydrogens is 320 g/mol. The van der Waals surface area contributed by atoms with Gasteiger partial charge in [0.15, 0.2) is 0 Å². The molecule has 2 heterocycles. The first-order valence-corrected chi connectivity index (χ1v) is 9.01. The zero-order valence-corrected chi connectivity index (χ0v) is 14.1. The van der Waals surface area contributed by atoms with Crippen LogP contribution in [0.3, 0.4) is 0 Å². The minimum Gasteiger partial charge on any atom is -0.390 e. The van der Waals surface area contributed by atoms with Gasteiger partial charge in [-0.2, -0.15) is 0 Å². The molecule has 0 unspecified atom stereocenters. The van der Waals surface area contributed by atoms with E-state index in [4.69, 9.17) is 4.74 Å². The predicted molar refractivity (Wildman–Crippen MR) is 89.7 cm³/mol. The summed E-state index contributed by atoms with van der Waals surface area (Å²) in [6.45, 7) is 0.770. The van der Waals surface area contributed by atoms with Gasteiger partial charge in [-0.3, -0.25) is 0 Å². The number of aliphatic hydroxyl groups is 2. The van der Waals surface area contributed by atoms with E-state index in [9.17, 15) is 10.2 Å². The minimum atomic E-state index is -0.965. The number of nitrogens with zero attached hydrogens (tertiary/aromatic N) is 4. The van der Waals surface area contributed by atoms with Crippen molar-refractivity contribution in [3.8, 4) is 0 Å². The summed E-state index contributed by atoms with van der Waals surface area (Å²) >= 11 is 0. The quantitative estimate of drug-likeness (QED) is 0.872. The highest BCUT2D eigenvalue weighted by Crippen LogP contribution is 2.36. The third kappa shape index (κ3) is 3.44. The summed E-state index contributed by atoms with van der Waals surface area (Å²) in [5.74, 6) is 0.421. The standard InChI is InChI=1S/C18H24N4O3/c23-16-15(9-22-11-19-20-21-22)10-25-18(17(16)24)14-7-5-13(6-8-14)12-3-1-2-4-12/h5-8,11-12,15-18,23-24H,1-4,9-10H2/t15-,16+,17+,18+/m0/s1. The summed E-state index contributed by atoms with van der Waals surface area (Å²) in [5, 5.41) is 32.0. The van der Waals surface area contributed by atoms with Crippen molar-refractivity contribution >= 4 is 0 Å². The van der Waals surface area contributed by atoms with Crippen molar-refractivity contribution in [2.24, 2.45) is 5.92 Å². The molecule has 1 aliphatic carbocycles. The second-order valence-electron chi connectivity index (χ2n) is 7.18. The highest BCUT2D eigenvalue weighted by Gasteiger charge is 2.39. The number of benzene rings is 1. The Balaban J connectivity index is 1.43. The van der Waals surface area contributed by atoms with Crippen molar-refractivity contribution in [3.63, 3.8) is 0 Å². The lowest BCUT2D eigenvalue weighted by Gasteiger charge is -2.37. The Morgan fingerprint density at radius 2 is 1.76 bits per heavy atom. The average molecular weight is 344 g/mol. The fourth-order valence-corrected chi connectivity index (χ4v) is 4.06. The maximum Gasteiger partial charge on any atom is 0.138 e. The van der Waals surface area contributed by atoms with Crippen LogP contribution < -0.4 is 0 Å². The third-order valence-electron chi connectivity index (χ3n) is 5.54. The lowest BCUT2D eigenvalue weighted by molar-refractivity contribution is -0.169. The molecule has 0 bridgehead atoms. The molecule has 0 radical (unpaired) electrons. The second-order valence-corrected chi connectivity index (χ2v) is 7.18. The molecule has 1 saturated heterocycles. The van der Waals surface area contributed by atoms with E-state index in [1.807, 2.05) is 12.1 Å². The van der Waals surface area contributed by atoms with E-state index in [0.717, 1.165) is 5.56 Å². The van der Waals surface area contributed by atoms with Crippen LogP contribution in [0, 0.1) is 5.92 Å². The van der Waals surface area contributed by atoms with Gasteiger partial charge in [0.25, 0.3) is 0 Å². The van der Waals surface area contributed by atoms with Crippen molar-refractivity contribution in [1.29, 1.82) is 0 Å². The molecule has 0 spiro atoms. The number of rotatable bonds is 4. The first-order chi connectivity index (χ1) is 12.2. The summed E-state index contributed by atoms with van der Waals surface area (Å²) in [6.07, 6.45) is 4.30. The molecule has 134 valence electrons. The van der Waals surface area contributed by atoms with E-state index in [1.165, 1.54) is 37.6 Å². The first kappa shape index (κ1) is 16.6. The molecule has 1 aliphatic heterocycles. The fraction of sp³-hybridized carbons (Fsp3) is 0.611. The zero-order valence-electron chi connectivity index (χ0n) is 14.1. The molecule has 0 amide bonds. The third-order valence-corrected chi connectivity index (χ3v) is 5.54. The van der Waals surface area contributed by atoms with E-state index in [1.54, 1.807) is 4.68 Å². The molecule has 2 fully saturated rings.